The quantitative estimate of drug-likeness (QED) is 0.415. The summed E-state index contributed by atoms with van der Waals surface area (Å²) in [7, 11) is 1.62. The van der Waals surface area contributed by atoms with Crippen LogP contribution in [-0.4, -0.2) is 72.7 Å². The second kappa shape index (κ2) is 13.4. The lowest BCUT2D eigenvalue weighted by Gasteiger charge is -2.50. The van der Waals surface area contributed by atoms with Crippen LogP contribution in [0.25, 0.3) is 0 Å². The molecule has 40 heavy (non-hydrogen) atoms. The number of benzene rings is 3. The van der Waals surface area contributed by atoms with Gasteiger partial charge in [0.1, 0.15) is 13.2 Å². The molecule has 8 heteroatoms. The lowest BCUT2D eigenvalue weighted by Crippen LogP contribution is -2.60. The molecule has 5 rings (SSSR count). The van der Waals surface area contributed by atoms with Gasteiger partial charge < -0.3 is 24.2 Å². The summed E-state index contributed by atoms with van der Waals surface area (Å²) < 4.78 is 17.6. The predicted octanol–water partition coefficient (Wildman–Crippen LogP) is 4.08. The Balaban J connectivity index is 1.66. The number of ether oxygens (including phenoxy) is 3. The van der Waals surface area contributed by atoms with Crippen molar-refractivity contribution in [1.82, 2.24) is 14.9 Å². The minimum Gasteiger partial charge on any atom is -0.488 e. The van der Waals surface area contributed by atoms with Crippen molar-refractivity contribution in [3.8, 4) is 0 Å². The number of fused-ring (bicyclic) bond motifs is 1. The van der Waals surface area contributed by atoms with Gasteiger partial charge in [-0.25, -0.2) is 0 Å². The van der Waals surface area contributed by atoms with Gasteiger partial charge >= 0.3 is 0 Å². The minimum atomic E-state index is -0.281. The van der Waals surface area contributed by atoms with Crippen LogP contribution in [0, 0.1) is 0 Å². The molecule has 1 N–H and O–H groups in total. The largest absolute Gasteiger partial charge is 0.488 e. The van der Waals surface area contributed by atoms with Crippen LogP contribution in [0.4, 0.5) is 0 Å². The number of aliphatic hydroxyl groups excluding tert-OH is 1. The van der Waals surface area contributed by atoms with E-state index < -0.39 is 0 Å². The topological polar surface area (TPSA) is 74.7 Å². The van der Waals surface area contributed by atoms with E-state index in [2.05, 4.69) is 29.3 Å². The number of carbonyl (C=O) groups is 1. The molecule has 0 radical (unpaired) electrons. The lowest BCUT2D eigenvalue weighted by atomic mass is 9.97. The summed E-state index contributed by atoms with van der Waals surface area (Å²) >= 11 is 0. The molecule has 2 heterocycles. The van der Waals surface area contributed by atoms with E-state index in [1.165, 1.54) is 0 Å². The zero-order chi connectivity index (χ0) is 27.7. The highest BCUT2D eigenvalue weighted by atomic mass is 16.5. The predicted molar refractivity (Wildman–Crippen MR) is 151 cm³/mol. The number of carbonyl (C=O) groups excluding carboxylic acids is 1. The number of hydrazine groups is 1. The number of rotatable bonds is 10. The third-order valence-corrected chi connectivity index (χ3v) is 6.99. The molecule has 0 aliphatic carbocycles. The third-order valence-electron chi connectivity index (χ3n) is 6.99. The van der Waals surface area contributed by atoms with Gasteiger partial charge in [0.25, 0.3) is 5.91 Å². The molecule has 3 aromatic carbocycles. The maximum atomic E-state index is 14.2. The highest BCUT2D eigenvalue weighted by molar-refractivity contribution is 5.94. The normalized spacial score (nSPS) is 19.6. The van der Waals surface area contributed by atoms with E-state index in [0.717, 1.165) is 16.7 Å². The first-order valence-corrected chi connectivity index (χ1v) is 13.4. The highest BCUT2D eigenvalue weighted by Gasteiger charge is 2.43. The molecule has 2 aliphatic rings. The van der Waals surface area contributed by atoms with Crippen LogP contribution in [0.15, 0.2) is 114 Å². The Morgan fingerprint density at radius 1 is 0.925 bits per heavy atom. The van der Waals surface area contributed by atoms with E-state index in [1.807, 2.05) is 77.8 Å². The van der Waals surface area contributed by atoms with Gasteiger partial charge in [0.2, 0.25) is 0 Å². The van der Waals surface area contributed by atoms with E-state index >= 15 is 0 Å². The van der Waals surface area contributed by atoms with Gasteiger partial charge in [0.15, 0.2) is 11.5 Å². The van der Waals surface area contributed by atoms with Crippen molar-refractivity contribution in [1.29, 1.82) is 0 Å². The van der Waals surface area contributed by atoms with E-state index in [9.17, 15) is 9.90 Å². The smallest absolute Gasteiger partial charge is 0.276 e. The molecule has 0 atom stereocenters. The maximum absolute atomic E-state index is 14.2. The number of nitrogens with zero attached hydrogens (tertiary/aromatic N) is 3. The first-order chi connectivity index (χ1) is 19.7. The number of aliphatic hydroxyl groups is 1. The molecule has 8 nitrogen and oxygen atoms in total. The number of hydrogen-bond acceptors (Lipinski definition) is 7. The van der Waals surface area contributed by atoms with E-state index in [0.29, 0.717) is 30.3 Å². The van der Waals surface area contributed by atoms with Crippen LogP contribution in [0.5, 0.6) is 0 Å². The SMILES string of the molecule is COCCN1CN(C(c2ccccc2)c2ccccc2)N2/C(CO)=C\COC/C(OCc3ccccc3)=C\2C1=O. The molecule has 2 aliphatic heterocycles. The van der Waals surface area contributed by atoms with Crippen molar-refractivity contribution < 1.29 is 24.1 Å². The van der Waals surface area contributed by atoms with Crippen LogP contribution in [-0.2, 0) is 25.6 Å². The van der Waals surface area contributed by atoms with E-state index in [1.54, 1.807) is 12.0 Å². The van der Waals surface area contributed by atoms with Gasteiger partial charge in [-0.3, -0.25) is 9.80 Å². The molecule has 1 amide bonds. The Labute approximate surface area is 235 Å². The molecule has 0 bridgehead atoms. The fourth-order valence-electron chi connectivity index (χ4n) is 5.04. The number of methoxy groups -OCH3 is 1. The van der Waals surface area contributed by atoms with Gasteiger partial charge in [-0.05, 0) is 22.8 Å². The zero-order valence-electron chi connectivity index (χ0n) is 22.7. The van der Waals surface area contributed by atoms with E-state index in [-0.39, 0.29) is 45.0 Å². The standard InChI is InChI=1S/C32H35N3O5/c1-38-20-18-33-24-34(30(26-13-7-3-8-14-26)27-15-9-4-10-16-27)35-28(21-36)17-19-39-23-29(31(35)32(33)37)40-22-25-11-5-2-6-12-25/h2-17,30,36H,18-24H2,1H3/b28-17-,31-29+. The van der Waals surface area contributed by atoms with Crippen LogP contribution in [0.1, 0.15) is 22.7 Å². The minimum absolute atomic E-state index is 0.118. The molecule has 0 spiro atoms. The molecule has 1 fully saturated rings. The Bertz CT molecular complexity index is 1270. The van der Waals surface area contributed by atoms with Crippen molar-refractivity contribution in [2.24, 2.45) is 0 Å². The summed E-state index contributed by atoms with van der Waals surface area (Å²) in [5.41, 5.74) is 3.96. The summed E-state index contributed by atoms with van der Waals surface area (Å²) in [4.78, 5) is 15.9. The van der Waals surface area contributed by atoms with Crippen molar-refractivity contribution in [2.45, 2.75) is 12.6 Å². The molecule has 3 aromatic rings. The average Bonchev–Trinajstić information content (AvgIpc) is 2.99. The zero-order valence-corrected chi connectivity index (χ0v) is 22.7. The van der Waals surface area contributed by atoms with Crippen molar-refractivity contribution in [3.63, 3.8) is 0 Å². The fraction of sp³-hybridized carbons (Fsp3) is 0.281. The van der Waals surface area contributed by atoms with Gasteiger partial charge in [-0.2, -0.15) is 5.01 Å². The molecule has 0 aromatic heterocycles. The Hall–Kier alpha value is -3.95. The van der Waals surface area contributed by atoms with Gasteiger partial charge in [0, 0.05) is 13.7 Å². The second-order valence-electron chi connectivity index (χ2n) is 9.59. The van der Waals surface area contributed by atoms with Gasteiger partial charge in [-0.15, -0.1) is 0 Å². The molecule has 1 saturated heterocycles. The first-order valence-electron chi connectivity index (χ1n) is 13.4. The summed E-state index contributed by atoms with van der Waals surface area (Å²) in [6, 6.07) is 29.9. The summed E-state index contributed by atoms with van der Waals surface area (Å²) in [5.74, 6) is 0.209. The monoisotopic (exact) mass is 541 g/mol. The molecular formula is C32H35N3O5. The average molecular weight is 542 g/mol. The van der Waals surface area contributed by atoms with Crippen LogP contribution in [0.2, 0.25) is 0 Å². The summed E-state index contributed by atoms with van der Waals surface area (Å²) in [6.45, 7) is 1.45. The number of hydrogen-bond donors (Lipinski definition) is 1. The van der Waals surface area contributed by atoms with E-state index in [4.69, 9.17) is 14.2 Å². The molecule has 0 unspecified atom stereocenters. The van der Waals surface area contributed by atoms with Crippen molar-refractivity contribution in [2.75, 3.05) is 46.8 Å². The second-order valence-corrected chi connectivity index (χ2v) is 9.59. The number of amides is 1. The van der Waals surface area contributed by atoms with Crippen molar-refractivity contribution >= 4 is 5.91 Å². The van der Waals surface area contributed by atoms with Crippen LogP contribution >= 0.6 is 0 Å². The maximum Gasteiger partial charge on any atom is 0.276 e. The fourth-order valence-corrected chi connectivity index (χ4v) is 5.04. The summed E-state index contributed by atoms with van der Waals surface area (Å²) in [5, 5.41) is 14.5. The molecular weight excluding hydrogens is 506 g/mol. The molecule has 0 saturated carbocycles. The molecule has 208 valence electrons. The van der Waals surface area contributed by atoms with Crippen LogP contribution in [0.3, 0.4) is 0 Å². The van der Waals surface area contributed by atoms with Crippen molar-refractivity contribution in [3.05, 3.63) is 131 Å². The van der Waals surface area contributed by atoms with Gasteiger partial charge in [-0.1, -0.05) is 91.0 Å². The third kappa shape index (κ3) is 6.11. The highest BCUT2D eigenvalue weighted by Crippen LogP contribution is 2.38. The Morgan fingerprint density at radius 3 is 2.15 bits per heavy atom. The van der Waals surface area contributed by atoms with Crippen LogP contribution < -0.4 is 0 Å². The lowest BCUT2D eigenvalue weighted by molar-refractivity contribution is -0.153. The Kier molecular flexibility index (Phi) is 9.26. The first kappa shape index (κ1) is 27.6. The van der Waals surface area contributed by atoms with Gasteiger partial charge in [0.05, 0.1) is 38.2 Å². The summed E-state index contributed by atoms with van der Waals surface area (Å²) in [6.07, 6.45) is 1.83. The Morgan fingerprint density at radius 2 is 1.55 bits per heavy atom.